The topological polar surface area (TPSA) is 54.5 Å². The molecule has 0 amide bonds. The van der Waals surface area contributed by atoms with Crippen LogP contribution in [0, 0.1) is 11.3 Å². The molecule has 0 N–H and O–H groups in total. The Morgan fingerprint density at radius 3 is 2.04 bits per heavy atom. The predicted octanol–water partition coefficient (Wildman–Crippen LogP) is 3.98. The zero-order valence-corrected chi connectivity index (χ0v) is 11.0. The lowest BCUT2D eigenvalue weighted by Crippen LogP contribution is -2.11. The Labute approximate surface area is 125 Å². The van der Waals surface area contributed by atoms with Crippen molar-refractivity contribution >= 4 is 6.20 Å². The van der Waals surface area contributed by atoms with E-state index in [2.05, 4.69) is 10.1 Å². The third-order valence-corrected chi connectivity index (χ3v) is 2.66. The molecule has 1 aromatic heterocycles. The summed E-state index contributed by atoms with van der Waals surface area (Å²) in [7, 11) is 0. The maximum Gasteiger partial charge on any atom is 0.416 e. The van der Waals surface area contributed by atoms with Crippen LogP contribution in [-0.2, 0) is 12.4 Å². The van der Waals surface area contributed by atoms with Crippen molar-refractivity contribution in [2.24, 2.45) is 0 Å². The summed E-state index contributed by atoms with van der Waals surface area (Å²) in [6.07, 6.45) is -6.67. The van der Waals surface area contributed by atoms with E-state index in [-0.39, 0.29) is 11.9 Å². The lowest BCUT2D eigenvalue weighted by molar-refractivity contribution is -0.143. The second-order valence-corrected chi connectivity index (χ2v) is 4.29. The molecule has 23 heavy (non-hydrogen) atoms. The Morgan fingerprint density at radius 2 is 1.57 bits per heavy atom. The van der Waals surface area contributed by atoms with E-state index in [9.17, 15) is 26.3 Å². The van der Waals surface area contributed by atoms with Crippen molar-refractivity contribution in [2.45, 2.75) is 12.4 Å². The zero-order chi connectivity index (χ0) is 17.3. The van der Waals surface area contributed by atoms with Crippen LogP contribution in [0.1, 0.15) is 11.1 Å². The van der Waals surface area contributed by atoms with Gasteiger partial charge in [-0.2, -0.15) is 31.6 Å². The van der Waals surface area contributed by atoms with Gasteiger partial charge in [-0.3, -0.25) is 0 Å². The fourth-order valence-electron chi connectivity index (χ4n) is 1.67. The predicted molar refractivity (Wildman–Crippen MR) is 66.4 cm³/mol. The molecular weight excluding hydrogens is 326 g/mol. The molecule has 2 rings (SSSR count). The van der Waals surface area contributed by atoms with Gasteiger partial charge in [0.2, 0.25) is 0 Å². The summed E-state index contributed by atoms with van der Waals surface area (Å²) >= 11 is 0. The first-order valence-corrected chi connectivity index (χ1v) is 5.88. The molecule has 0 aliphatic rings. The molecular formula is C13H6F6N4. The number of benzene rings is 1. The Kier molecular flexibility index (Phi) is 4.14. The molecule has 0 saturated carbocycles. The third kappa shape index (κ3) is 3.88. The van der Waals surface area contributed by atoms with Gasteiger partial charge in [0.15, 0.2) is 5.82 Å². The molecule has 1 heterocycles. The molecule has 1 aromatic carbocycles. The van der Waals surface area contributed by atoms with Crippen LogP contribution in [0.3, 0.4) is 0 Å². The number of allylic oxidation sites excluding steroid dienone is 1. The first-order valence-electron chi connectivity index (χ1n) is 5.88. The second-order valence-electron chi connectivity index (χ2n) is 4.29. The minimum absolute atomic E-state index is 0.0239. The van der Waals surface area contributed by atoms with Crippen LogP contribution in [0.2, 0.25) is 0 Å². The highest BCUT2D eigenvalue weighted by Crippen LogP contribution is 2.37. The van der Waals surface area contributed by atoms with E-state index in [4.69, 9.17) is 5.26 Å². The molecule has 0 atom stereocenters. The van der Waals surface area contributed by atoms with Gasteiger partial charge in [0, 0.05) is 17.8 Å². The largest absolute Gasteiger partial charge is 0.416 e. The monoisotopic (exact) mass is 332 g/mol. The number of halogens is 6. The number of rotatable bonds is 2. The summed E-state index contributed by atoms with van der Waals surface area (Å²) in [5.74, 6) is -0.329. The normalized spacial score (nSPS) is 12.6. The van der Waals surface area contributed by atoms with Gasteiger partial charge in [0.05, 0.1) is 17.2 Å². The summed E-state index contributed by atoms with van der Waals surface area (Å²) < 4.78 is 77.6. The highest BCUT2D eigenvalue weighted by molar-refractivity contribution is 5.58. The lowest BCUT2D eigenvalue weighted by Gasteiger charge is -2.13. The second kappa shape index (κ2) is 5.75. The van der Waals surface area contributed by atoms with Crippen molar-refractivity contribution in [3.8, 4) is 17.5 Å². The zero-order valence-electron chi connectivity index (χ0n) is 11.0. The van der Waals surface area contributed by atoms with E-state index in [0.717, 1.165) is 23.3 Å². The fraction of sp³-hybridized carbons (Fsp3) is 0.154. The minimum Gasteiger partial charge on any atom is -0.227 e. The van der Waals surface area contributed by atoms with E-state index in [1.54, 1.807) is 6.07 Å². The average Bonchev–Trinajstić information content (AvgIpc) is 2.91. The summed E-state index contributed by atoms with van der Waals surface area (Å²) in [5.41, 5.74) is -3.34. The van der Waals surface area contributed by atoms with Crippen LogP contribution in [0.5, 0.6) is 0 Å². The Balaban J connectivity index is 2.56. The first-order chi connectivity index (χ1) is 10.6. The molecule has 2 aromatic rings. The molecule has 120 valence electrons. The maximum absolute atomic E-state index is 12.8. The van der Waals surface area contributed by atoms with Crippen molar-refractivity contribution in [3.05, 3.63) is 41.7 Å². The van der Waals surface area contributed by atoms with E-state index in [0.29, 0.717) is 12.1 Å². The molecule has 0 fully saturated rings. The van der Waals surface area contributed by atoms with Gasteiger partial charge in [-0.25, -0.2) is 9.67 Å². The Morgan fingerprint density at radius 1 is 1.00 bits per heavy atom. The van der Waals surface area contributed by atoms with Crippen LogP contribution >= 0.6 is 0 Å². The van der Waals surface area contributed by atoms with Crippen LogP contribution < -0.4 is 0 Å². The Bertz CT molecular complexity index is 747. The van der Waals surface area contributed by atoms with Crippen molar-refractivity contribution in [3.63, 3.8) is 0 Å². The smallest absolute Gasteiger partial charge is 0.227 e. The van der Waals surface area contributed by atoms with Gasteiger partial charge >= 0.3 is 12.4 Å². The van der Waals surface area contributed by atoms with Crippen LogP contribution in [-0.4, -0.2) is 14.8 Å². The first kappa shape index (κ1) is 16.5. The molecule has 0 saturated heterocycles. The molecule has 0 radical (unpaired) electrons. The molecule has 0 aliphatic heterocycles. The quantitative estimate of drug-likeness (QED) is 0.617. The van der Waals surface area contributed by atoms with Gasteiger partial charge in [0.1, 0.15) is 6.33 Å². The maximum atomic E-state index is 12.8. The van der Waals surface area contributed by atoms with Gasteiger partial charge < -0.3 is 0 Å². The standard InChI is InChI=1S/C13H6F6N4/c14-12(15,16)9-4-8(5-10(6-9)13(17,18)19)11-21-7-23(22-11)3-1-2-20/h1,3-7H. The molecule has 4 nitrogen and oxygen atoms in total. The van der Waals surface area contributed by atoms with Crippen molar-refractivity contribution < 1.29 is 26.3 Å². The van der Waals surface area contributed by atoms with E-state index in [1.807, 2.05) is 0 Å². The van der Waals surface area contributed by atoms with E-state index < -0.39 is 29.0 Å². The van der Waals surface area contributed by atoms with Crippen LogP contribution in [0.4, 0.5) is 26.3 Å². The SMILES string of the molecule is N#CC=Cn1cnc(-c2cc(C(F)(F)F)cc(C(F)(F)F)c2)n1. The summed E-state index contributed by atoms with van der Waals surface area (Å²) in [4.78, 5) is 3.64. The molecule has 0 unspecified atom stereocenters. The van der Waals surface area contributed by atoms with Crippen LogP contribution in [0.15, 0.2) is 30.6 Å². The van der Waals surface area contributed by atoms with Gasteiger partial charge in [-0.1, -0.05) is 0 Å². The van der Waals surface area contributed by atoms with E-state index in [1.165, 1.54) is 0 Å². The summed E-state index contributed by atoms with van der Waals surface area (Å²) in [6, 6.07) is 2.74. The van der Waals surface area contributed by atoms with E-state index >= 15 is 0 Å². The Hall–Kier alpha value is -2.83. The van der Waals surface area contributed by atoms with Crippen molar-refractivity contribution in [1.82, 2.24) is 14.8 Å². The fourth-order valence-corrected chi connectivity index (χ4v) is 1.67. The molecule has 10 heteroatoms. The number of nitrogens with zero attached hydrogens (tertiary/aromatic N) is 4. The molecule has 0 aliphatic carbocycles. The van der Waals surface area contributed by atoms with Gasteiger partial charge in [0.25, 0.3) is 0 Å². The summed E-state index contributed by atoms with van der Waals surface area (Å²) in [6.45, 7) is 0. The minimum atomic E-state index is -4.95. The molecule has 0 bridgehead atoms. The van der Waals surface area contributed by atoms with Crippen molar-refractivity contribution in [2.75, 3.05) is 0 Å². The summed E-state index contributed by atoms with van der Waals surface area (Å²) in [5, 5.41) is 12.1. The van der Waals surface area contributed by atoms with Gasteiger partial charge in [-0.15, -0.1) is 5.10 Å². The van der Waals surface area contributed by atoms with Crippen molar-refractivity contribution in [1.29, 1.82) is 5.26 Å². The van der Waals surface area contributed by atoms with Gasteiger partial charge in [-0.05, 0) is 18.2 Å². The number of hydrogen-bond acceptors (Lipinski definition) is 3. The molecule has 0 spiro atoms. The third-order valence-electron chi connectivity index (χ3n) is 2.66. The number of aromatic nitrogens is 3. The number of nitriles is 1. The lowest BCUT2D eigenvalue weighted by atomic mass is 10.0. The van der Waals surface area contributed by atoms with Crippen LogP contribution in [0.25, 0.3) is 17.6 Å². The average molecular weight is 332 g/mol. The highest BCUT2D eigenvalue weighted by atomic mass is 19.4. The number of alkyl halides is 6. The highest BCUT2D eigenvalue weighted by Gasteiger charge is 2.37. The number of hydrogen-bond donors (Lipinski definition) is 0.